The van der Waals surface area contributed by atoms with Crippen LogP contribution in [0.25, 0.3) is 0 Å². The number of carbonyl (C=O) groups is 2. The summed E-state index contributed by atoms with van der Waals surface area (Å²) in [7, 11) is 4.82. The molecular weight excluding hydrogens is 516 g/mol. The van der Waals surface area contributed by atoms with Gasteiger partial charge in [0.2, 0.25) is 5.91 Å². The Labute approximate surface area is 244 Å². The normalized spacial score (nSPS) is 12.4. The standard InChI is InChI=1S/C34H44N2O5/c1-33(2,3)27-20-22(21-28(31(27)38)34(4,5)6)10-19-29(37)36(7)30(23-11-15-25(40-8)16-12-23)32(39)35-24-13-17-26(41-9)18-14-24/h11-18,20-21,30,38H,10,19H2,1-9H3,(H,35,39)/t30-/m1/s1. The second kappa shape index (κ2) is 12.7. The summed E-state index contributed by atoms with van der Waals surface area (Å²) in [6, 6.07) is 17.3. The molecule has 0 aliphatic rings. The van der Waals surface area contributed by atoms with Crippen LogP contribution in [-0.2, 0) is 26.8 Å². The number of nitrogens with one attached hydrogen (secondary N) is 1. The van der Waals surface area contributed by atoms with Gasteiger partial charge < -0.3 is 24.8 Å². The zero-order valence-corrected chi connectivity index (χ0v) is 25.8. The van der Waals surface area contributed by atoms with E-state index >= 15 is 0 Å². The predicted molar refractivity (Wildman–Crippen MR) is 164 cm³/mol. The van der Waals surface area contributed by atoms with Crippen molar-refractivity contribution in [2.75, 3.05) is 26.6 Å². The van der Waals surface area contributed by atoms with E-state index in [4.69, 9.17) is 9.47 Å². The zero-order valence-electron chi connectivity index (χ0n) is 25.8. The largest absolute Gasteiger partial charge is 0.507 e. The molecule has 0 spiro atoms. The maximum absolute atomic E-state index is 13.6. The summed E-state index contributed by atoms with van der Waals surface area (Å²) in [6.07, 6.45) is 0.682. The number of phenolic OH excluding ortho intramolecular Hbond substituents is 1. The van der Waals surface area contributed by atoms with Crippen molar-refractivity contribution in [2.24, 2.45) is 0 Å². The molecule has 0 saturated heterocycles. The van der Waals surface area contributed by atoms with Crippen molar-refractivity contribution in [1.29, 1.82) is 0 Å². The van der Waals surface area contributed by atoms with E-state index < -0.39 is 6.04 Å². The average Bonchev–Trinajstić information content (AvgIpc) is 2.91. The van der Waals surface area contributed by atoms with Crippen LogP contribution in [-0.4, -0.2) is 43.1 Å². The molecule has 2 N–H and O–H groups in total. The smallest absolute Gasteiger partial charge is 0.251 e. The van der Waals surface area contributed by atoms with Crippen LogP contribution >= 0.6 is 0 Å². The molecule has 0 radical (unpaired) electrons. The molecule has 0 unspecified atom stereocenters. The van der Waals surface area contributed by atoms with E-state index in [0.717, 1.165) is 16.7 Å². The Kier molecular flexibility index (Phi) is 9.74. The van der Waals surface area contributed by atoms with Gasteiger partial charge in [-0.3, -0.25) is 9.59 Å². The Morgan fingerprint density at radius 3 is 1.73 bits per heavy atom. The fraction of sp³-hybridized carbons (Fsp3) is 0.412. The fourth-order valence-electron chi connectivity index (χ4n) is 4.78. The molecule has 0 heterocycles. The van der Waals surface area contributed by atoms with E-state index in [-0.39, 0.29) is 29.1 Å². The number of phenols is 1. The molecule has 1 atom stereocenters. The summed E-state index contributed by atoms with van der Waals surface area (Å²) in [5.74, 6) is 1.16. The van der Waals surface area contributed by atoms with Gasteiger partial charge in [-0.2, -0.15) is 0 Å². The number of likely N-dealkylation sites (N-methyl/N-ethyl adjacent to an activating group) is 1. The van der Waals surface area contributed by atoms with Crippen molar-refractivity contribution in [3.8, 4) is 17.2 Å². The van der Waals surface area contributed by atoms with Gasteiger partial charge in [-0.15, -0.1) is 0 Å². The lowest BCUT2D eigenvalue weighted by atomic mass is 9.78. The number of ether oxygens (including phenoxy) is 2. The van der Waals surface area contributed by atoms with Gasteiger partial charge in [-0.05, 0) is 75.9 Å². The molecule has 7 heteroatoms. The Hall–Kier alpha value is -4.00. The Morgan fingerprint density at radius 1 is 0.829 bits per heavy atom. The molecule has 7 nitrogen and oxygen atoms in total. The van der Waals surface area contributed by atoms with Crippen molar-refractivity contribution in [2.45, 2.75) is 71.3 Å². The summed E-state index contributed by atoms with van der Waals surface area (Å²) >= 11 is 0. The number of nitrogens with zero attached hydrogens (tertiary/aromatic N) is 1. The first-order chi connectivity index (χ1) is 19.1. The molecule has 0 bridgehead atoms. The average molecular weight is 561 g/mol. The number of aromatic hydroxyl groups is 1. The highest BCUT2D eigenvalue weighted by Gasteiger charge is 2.30. The van der Waals surface area contributed by atoms with E-state index in [2.05, 4.69) is 46.9 Å². The first-order valence-corrected chi connectivity index (χ1v) is 13.9. The Bertz CT molecular complexity index is 1310. The highest BCUT2D eigenvalue weighted by molar-refractivity contribution is 5.98. The lowest BCUT2D eigenvalue weighted by Crippen LogP contribution is -2.38. The number of aryl methyl sites for hydroxylation is 1. The van der Waals surface area contributed by atoms with Crippen molar-refractivity contribution in [1.82, 2.24) is 4.90 Å². The number of carbonyl (C=O) groups excluding carboxylic acids is 2. The minimum Gasteiger partial charge on any atom is -0.507 e. The number of benzene rings is 3. The van der Waals surface area contributed by atoms with Crippen molar-refractivity contribution in [3.63, 3.8) is 0 Å². The molecule has 3 aromatic rings. The van der Waals surface area contributed by atoms with E-state index in [1.807, 2.05) is 12.1 Å². The van der Waals surface area contributed by atoms with Crippen molar-refractivity contribution in [3.05, 3.63) is 82.9 Å². The monoisotopic (exact) mass is 560 g/mol. The van der Waals surface area contributed by atoms with Gasteiger partial charge in [0.15, 0.2) is 0 Å². The van der Waals surface area contributed by atoms with Gasteiger partial charge in [0.05, 0.1) is 14.2 Å². The lowest BCUT2D eigenvalue weighted by Gasteiger charge is -2.29. The third-order valence-corrected chi connectivity index (χ3v) is 7.23. The third kappa shape index (κ3) is 7.81. The molecule has 3 aromatic carbocycles. The molecule has 0 aromatic heterocycles. The molecule has 2 amide bonds. The minimum atomic E-state index is -0.856. The first-order valence-electron chi connectivity index (χ1n) is 13.9. The number of hydrogen-bond donors (Lipinski definition) is 2. The molecule has 0 aliphatic carbocycles. The van der Waals surface area contributed by atoms with Crippen molar-refractivity contribution < 1.29 is 24.2 Å². The zero-order chi connectivity index (χ0) is 30.5. The number of rotatable bonds is 9. The van der Waals surface area contributed by atoms with Gasteiger partial charge in [0.1, 0.15) is 23.3 Å². The van der Waals surface area contributed by atoms with Crippen LogP contribution < -0.4 is 14.8 Å². The van der Waals surface area contributed by atoms with Crippen LogP contribution in [0.15, 0.2) is 60.7 Å². The highest BCUT2D eigenvalue weighted by atomic mass is 16.5. The van der Waals surface area contributed by atoms with Crippen LogP contribution in [0.4, 0.5) is 5.69 Å². The number of amides is 2. The molecular formula is C34H44N2O5. The molecule has 41 heavy (non-hydrogen) atoms. The lowest BCUT2D eigenvalue weighted by molar-refractivity contribution is -0.137. The van der Waals surface area contributed by atoms with Gasteiger partial charge in [0, 0.05) is 19.2 Å². The first kappa shape index (κ1) is 31.5. The van der Waals surface area contributed by atoms with Crippen LogP contribution in [0.5, 0.6) is 17.2 Å². The molecule has 0 saturated carbocycles. The predicted octanol–water partition coefficient (Wildman–Crippen LogP) is 6.78. The quantitative estimate of drug-likeness (QED) is 0.301. The molecule has 3 rings (SSSR count). The highest BCUT2D eigenvalue weighted by Crippen LogP contribution is 2.40. The van der Waals surface area contributed by atoms with Gasteiger partial charge in [-0.25, -0.2) is 0 Å². The summed E-state index contributed by atoms with van der Waals surface area (Å²) in [5.41, 5.74) is 3.43. The maximum Gasteiger partial charge on any atom is 0.251 e. The second-order valence-corrected chi connectivity index (χ2v) is 12.4. The summed E-state index contributed by atoms with van der Waals surface area (Å²) in [5, 5.41) is 14.0. The van der Waals surface area contributed by atoms with E-state index in [9.17, 15) is 14.7 Å². The van der Waals surface area contributed by atoms with Crippen molar-refractivity contribution >= 4 is 17.5 Å². The van der Waals surface area contributed by atoms with Crippen LogP contribution in [0, 0.1) is 0 Å². The van der Waals surface area contributed by atoms with E-state index in [1.54, 1.807) is 69.8 Å². The Balaban J connectivity index is 1.88. The van der Waals surface area contributed by atoms with E-state index in [1.165, 1.54) is 4.90 Å². The van der Waals surface area contributed by atoms with Gasteiger partial charge in [0.25, 0.3) is 5.91 Å². The molecule has 0 aliphatic heterocycles. The summed E-state index contributed by atoms with van der Waals surface area (Å²) in [4.78, 5) is 28.7. The van der Waals surface area contributed by atoms with Crippen LogP contribution in [0.3, 0.4) is 0 Å². The topological polar surface area (TPSA) is 88.1 Å². The summed E-state index contributed by atoms with van der Waals surface area (Å²) < 4.78 is 10.5. The van der Waals surface area contributed by atoms with Crippen LogP contribution in [0.2, 0.25) is 0 Å². The second-order valence-electron chi connectivity index (χ2n) is 12.4. The van der Waals surface area contributed by atoms with Crippen LogP contribution in [0.1, 0.15) is 76.3 Å². The number of methoxy groups -OCH3 is 2. The number of hydrogen-bond acceptors (Lipinski definition) is 5. The molecule has 0 fully saturated rings. The fourth-order valence-corrected chi connectivity index (χ4v) is 4.78. The maximum atomic E-state index is 13.6. The summed E-state index contributed by atoms with van der Waals surface area (Å²) in [6.45, 7) is 12.4. The molecule has 220 valence electrons. The van der Waals surface area contributed by atoms with Gasteiger partial charge >= 0.3 is 0 Å². The van der Waals surface area contributed by atoms with E-state index in [0.29, 0.717) is 34.9 Å². The SMILES string of the molecule is COc1ccc(NC(=O)[C@@H](c2ccc(OC)cc2)N(C)C(=O)CCc2cc(C(C)(C)C)c(O)c(C(C)(C)C)c2)cc1. The number of anilines is 1. The third-order valence-electron chi connectivity index (χ3n) is 7.23. The Morgan fingerprint density at radius 2 is 1.29 bits per heavy atom. The van der Waals surface area contributed by atoms with Gasteiger partial charge in [-0.1, -0.05) is 65.8 Å². The minimum absolute atomic E-state index is 0.168.